The van der Waals surface area contributed by atoms with Crippen LogP contribution in [-0.4, -0.2) is 21.9 Å². The SMILES string of the molecule is CNc1ncc([N+](=O)[O-])c(Nc2cc(C#N)ccc2C)n1. The van der Waals surface area contributed by atoms with Crippen LogP contribution in [0.2, 0.25) is 0 Å². The van der Waals surface area contributed by atoms with Gasteiger partial charge in [0.2, 0.25) is 11.8 Å². The Hall–Kier alpha value is -3.21. The largest absolute Gasteiger partial charge is 0.357 e. The molecule has 0 fully saturated rings. The molecule has 1 aromatic heterocycles. The summed E-state index contributed by atoms with van der Waals surface area (Å²) in [6, 6.07) is 7.06. The van der Waals surface area contributed by atoms with E-state index in [0.29, 0.717) is 11.3 Å². The molecule has 106 valence electrons. The van der Waals surface area contributed by atoms with Gasteiger partial charge in [-0.05, 0) is 24.6 Å². The summed E-state index contributed by atoms with van der Waals surface area (Å²) < 4.78 is 0. The zero-order valence-electron chi connectivity index (χ0n) is 11.4. The lowest BCUT2D eigenvalue weighted by Gasteiger charge is -2.10. The molecule has 1 heterocycles. The van der Waals surface area contributed by atoms with E-state index in [2.05, 4.69) is 20.6 Å². The molecule has 0 amide bonds. The van der Waals surface area contributed by atoms with Crippen LogP contribution in [0.1, 0.15) is 11.1 Å². The van der Waals surface area contributed by atoms with Crippen molar-refractivity contribution < 1.29 is 4.92 Å². The average Bonchev–Trinajstić information content (AvgIpc) is 2.49. The highest BCUT2D eigenvalue weighted by Crippen LogP contribution is 2.27. The zero-order valence-corrected chi connectivity index (χ0v) is 11.4. The Morgan fingerprint density at radius 2 is 2.19 bits per heavy atom. The van der Waals surface area contributed by atoms with Crippen LogP contribution in [0.25, 0.3) is 0 Å². The minimum Gasteiger partial charge on any atom is -0.357 e. The van der Waals surface area contributed by atoms with E-state index in [1.807, 2.05) is 13.0 Å². The fraction of sp³-hybridized carbons (Fsp3) is 0.154. The second kappa shape index (κ2) is 5.83. The number of nitro groups is 1. The van der Waals surface area contributed by atoms with Gasteiger partial charge in [0, 0.05) is 12.7 Å². The number of rotatable bonds is 4. The number of nitrogens with one attached hydrogen (secondary N) is 2. The first-order valence-electron chi connectivity index (χ1n) is 6.02. The standard InChI is InChI=1S/C13H12N6O2/c1-8-3-4-9(6-14)5-10(8)17-12-11(19(20)21)7-16-13(15-2)18-12/h3-5,7H,1-2H3,(H2,15,16,17,18). The van der Waals surface area contributed by atoms with Crippen LogP contribution in [0.3, 0.4) is 0 Å². The van der Waals surface area contributed by atoms with E-state index >= 15 is 0 Å². The fourth-order valence-corrected chi connectivity index (χ4v) is 1.68. The summed E-state index contributed by atoms with van der Waals surface area (Å²) in [7, 11) is 1.62. The van der Waals surface area contributed by atoms with Gasteiger partial charge in [-0.2, -0.15) is 10.2 Å². The van der Waals surface area contributed by atoms with Gasteiger partial charge in [-0.25, -0.2) is 4.98 Å². The van der Waals surface area contributed by atoms with E-state index in [4.69, 9.17) is 5.26 Å². The summed E-state index contributed by atoms with van der Waals surface area (Å²) in [4.78, 5) is 18.3. The lowest BCUT2D eigenvalue weighted by Crippen LogP contribution is -2.05. The van der Waals surface area contributed by atoms with E-state index in [0.717, 1.165) is 11.8 Å². The molecule has 0 radical (unpaired) electrons. The number of nitrogens with zero attached hydrogens (tertiary/aromatic N) is 4. The Labute approximate surface area is 120 Å². The third-order valence-corrected chi connectivity index (χ3v) is 2.81. The number of aromatic nitrogens is 2. The molecule has 0 spiro atoms. The lowest BCUT2D eigenvalue weighted by molar-refractivity contribution is -0.384. The molecular weight excluding hydrogens is 272 g/mol. The first kappa shape index (κ1) is 14.2. The van der Waals surface area contributed by atoms with Crippen LogP contribution in [0.5, 0.6) is 0 Å². The number of nitriles is 1. The molecule has 0 aliphatic rings. The second-order valence-electron chi connectivity index (χ2n) is 4.20. The molecule has 2 rings (SSSR count). The maximum absolute atomic E-state index is 11.0. The van der Waals surface area contributed by atoms with Gasteiger partial charge < -0.3 is 10.6 Å². The molecule has 2 aromatic rings. The van der Waals surface area contributed by atoms with Crippen LogP contribution in [0, 0.1) is 28.4 Å². The molecule has 8 nitrogen and oxygen atoms in total. The molecular formula is C13H12N6O2. The van der Waals surface area contributed by atoms with E-state index in [-0.39, 0.29) is 17.5 Å². The van der Waals surface area contributed by atoms with Gasteiger partial charge in [-0.1, -0.05) is 6.07 Å². The zero-order chi connectivity index (χ0) is 15.4. The van der Waals surface area contributed by atoms with Crippen LogP contribution >= 0.6 is 0 Å². The summed E-state index contributed by atoms with van der Waals surface area (Å²) in [6.07, 6.45) is 1.13. The van der Waals surface area contributed by atoms with Crippen molar-refractivity contribution >= 4 is 23.1 Å². The summed E-state index contributed by atoms with van der Waals surface area (Å²) in [5.41, 5.74) is 1.63. The Morgan fingerprint density at radius 3 is 2.81 bits per heavy atom. The van der Waals surface area contributed by atoms with Gasteiger partial charge in [0.05, 0.1) is 16.6 Å². The molecule has 0 atom stereocenters. The Morgan fingerprint density at radius 1 is 1.43 bits per heavy atom. The van der Waals surface area contributed by atoms with E-state index in [1.54, 1.807) is 25.2 Å². The smallest absolute Gasteiger partial charge is 0.329 e. The van der Waals surface area contributed by atoms with Crippen LogP contribution in [0.4, 0.5) is 23.1 Å². The first-order valence-corrected chi connectivity index (χ1v) is 6.02. The highest BCUT2D eigenvalue weighted by atomic mass is 16.6. The summed E-state index contributed by atoms with van der Waals surface area (Å²) in [5.74, 6) is 0.328. The maximum atomic E-state index is 11.0. The highest BCUT2D eigenvalue weighted by Gasteiger charge is 2.18. The molecule has 0 aliphatic carbocycles. The van der Waals surface area contributed by atoms with Gasteiger partial charge >= 0.3 is 5.69 Å². The monoisotopic (exact) mass is 284 g/mol. The van der Waals surface area contributed by atoms with Crippen molar-refractivity contribution in [2.75, 3.05) is 17.7 Å². The third-order valence-electron chi connectivity index (χ3n) is 2.81. The topological polar surface area (TPSA) is 117 Å². The second-order valence-corrected chi connectivity index (χ2v) is 4.20. The van der Waals surface area contributed by atoms with Crippen molar-refractivity contribution in [3.05, 3.63) is 45.6 Å². The first-order chi connectivity index (χ1) is 10.0. The van der Waals surface area contributed by atoms with Crippen molar-refractivity contribution in [3.63, 3.8) is 0 Å². The third kappa shape index (κ3) is 3.03. The molecule has 0 unspecified atom stereocenters. The van der Waals surface area contributed by atoms with E-state index in [9.17, 15) is 10.1 Å². The number of anilines is 3. The molecule has 0 aliphatic heterocycles. The number of aryl methyl sites for hydroxylation is 1. The van der Waals surface area contributed by atoms with E-state index < -0.39 is 4.92 Å². The predicted molar refractivity (Wildman–Crippen MR) is 77.4 cm³/mol. The van der Waals surface area contributed by atoms with Gasteiger partial charge in [0.15, 0.2) is 0 Å². The van der Waals surface area contributed by atoms with Gasteiger partial charge in [-0.3, -0.25) is 10.1 Å². The summed E-state index contributed by atoms with van der Waals surface area (Å²) in [6.45, 7) is 1.83. The van der Waals surface area contributed by atoms with Gasteiger partial charge in [0.1, 0.15) is 6.20 Å². The number of hydrogen-bond acceptors (Lipinski definition) is 7. The molecule has 0 saturated heterocycles. The Balaban J connectivity index is 2.47. The van der Waals surface area contributed by atoms with Crippen molar-refractivity contribution in [2.24, 2.45) is 0 Å². The molecule has 8 heteroatoms. The van der Waals surface area contributed by atoms with Crippen LogP contribution in [0.15, 0.2) is 24.4 Å². The molecule has 0 saturated carbocycles. The van der Waals surface area contributed by atoms with Gasteiger partial charge in [0.25, 0.3) is 0 Å². The molecule has 0 bridgehead atoms. The minimum atomic E-state index is -0.564. The van der Waals surface area contributed by atoms with Crippen molar-refractivity contribution in [1.29, 1.82) is 5.26 Å². The van der Waals surface area contributed by atoms with Crippen molar-refractivity contribution in [3.8, 4) is 6.07 Å². The van der Waals surface area contributed by atoms with Crippen LogP contribution in [-0.2, 0) is 0 Å². The number of hydrogen-bond donors (Lipinski definition) is 2. The van der Waals surface area contributed by atoms with Gasteiger partial charge in [-0.15, -0.1) is 0 Å². The lowest BCUT2D eigenvalue weighted by atomic mass is 10.1. The average molecular weight is 284 g/mol. The molecule has 21 heavy (non-hydrogen) atoms. The quantitative estimate of drug-likeness (QED) is 0.653. The highest BCUT2D eigenvalue weighted by molar-refractivity contribution is 5.69. The Kier molecular flexibility index (Phi) is 3.95. The van der Waals surface area contributed by atoms with Crippen molar-refractivity contribution in [2.45, 2.75) is 6.92 Å². The number of benzene rings is 1. The Bertz CT molecular complexity index is 738. The summed E-state index contributed by atoms with van der Waals surface area (Å²) >= 11 is 0. The predicted octanol–water partition coefficient (Wildman–Crippen LogP) is 2.35. The van der Waals surface area contributed by atoms with Crippen LogP contribution < -0.4 is 10.6 Å². The normalized spacial score (nSPS) is 9.76. The maximum Gasteiger partial charge on any atom is 0.329 e. The minimum absolute atomic E-state index is 0.0672. The fourth-order valence-electron chi connectivity index (χ4n) is 1.68. The molecule has 1 aromatic carbocycles. The summed E-state index contributed by atoms with van der Waals surface area (Å²) in [5, 5.41) is 25.6. The molecule has 2 N–H and O–H groups in total. The van der Waals surface area contributed by atoms with Crippen molar-refractivity contribution in [1.82, 2.24) is 9.97 Å². The van der Waals surface area contributed by atoms with E-state index in [1.165, 1.54) is 0 Å².